The summed E-state index contributed by atoms with van der Waals surface area (Å²) < 4.78 is 35.0. The maximum Gasteiger partial charge on any atom is 0.367 e. The Bertz CT molecular complexity index is 1920. The summed E-state index contributed by atoms with van der Waals surface area (Å²) in [6.07, 6.45) is 17.5. The summed E-state index contributed by atoms with van der Waals surface area (Å²) in [5.41, 5.74) is 6.33. The lowest BCUT2D eigenvalue weighted by atomic mass is 10.1. The van der Waals surface area contributed by atoms with Crippen molar-refractivity contribution >= 4 is 69.9 Å². The fourth-order valence-corrected chi connectivity index (χ4v) is 6.83. The number of nitrogens with zero attached hydrogens (tertiary/aromatic N) is 4. The maximum atomic E-state index is 12.1. The summed E-state index contributed by atoms with van der Waals surface area (Å²) >= 11 is 2.21. The first kappa shape index (κ1) is 44.1. The van der Waals surface area contributed by atoms with Crippen LogP contribution in [0.25, 0.3) is 18.2 Å². The van der Waals surface area contributed by atoms with Gasteiger partial charge in [-0.1, -0.05) is 49.1 Å². The topological polar surface area (TPSA) is 112 Å². The zero-order valence-corrected chi connectivity index (χ0v) is 34.9. The number of aromatic nitrogens is 1. The minimum absolute atomic E-state index is 0.151. The van der Waals surface area contributed by atoms with Crippen molar-refractivity contribution in [1.29, 1.82) is 0 Å². The molecule has 12 nitrogen and oxygen atoms in total. The first-order valence-corrected chi connectivity index (χ1v) is 21.2. The summed E-state index contributed by atoms with van der Waals surface area (Å²) in [4.78, 5) is 32.8. The van der Waals surface area contributed by atoms with Crippen molar-refractivity contribution in [2.24, 2.45) is 4.99 Å². The Morgan fingerprint density at radius 2 is 1.31 bits per heavy atom. The summed E-state index contributed by atoms with van der Waals surface area (Å²) in [7, 11) is 4.14. The summed E-state index contributed by atoms with van der Waals surface area (Å²) in [5, 5.41) is -0.703. The number of carbonyl (C=O) groups is 2. The number of aliphatic imine (C=N–C) groups is 1. The highest BCUT2D eigenvalue weighted by Crippen LogP contribution is 2.33. The third-order valence-corrected chi connectivity index (χ3v) is 10.4. The van der Waals surface area contributed by atoms with Gasteiger partial charge in [-0.05, 0) is 76.1 Å². The summed E-state index contributed by atoms with van der Waals surface area (Å²) in [5.74, 6) is 2.90. The fraction of sp³-hybridized carbons (Fsp3) is 0.364. The Balaban J connectivity index is 0.816. The van der Waals surface area contributed by atoms with E-state index in [1.807, 2.05) is 53.4 Å². The average Bonchev–Trinajstić information content (AvgIpc) is 3.23. The van der Waals surface area contributed by atoms with Crippen LogP contribution in [0.15, 0.2) is 96.3 Å². The number of ether oxygens (including phenoxy) is 6. The molecule has 0 fully saturated rings. The van der Waals surface area contributed by atoms with E-state index in [0.717, 1.165) is 81.8 Å². The predicted octanol–water partition coefficient (Wildman–Crippen LogP) is 7.47. The molecule has 0 aliphatic carbocycles. The van der Waals surface area contributed by atoms with Crippen LogP contribution >= 0.6 is 23.5 Å². The number of likely N-dealkylation sites (N-methyl/N-ethyl adjacent to an activating group) is 2. The van der Waals surface area contributed by atoms with Crippen LogP contribution in [0.3, 0.4) is 0 Å². The molecule has 0 spiro atoms. The Labute approximate surface area is 350 Å². The lowest BCUT2D eigenvalue weighted by molar-refractivity contribution is -0.692. The molecule has 1 aromatic heterocycles. The second-order valence-corrected chi connectivity index (χ2v) is 15.1. The third kappa shape index (κ3) is 15.4. The molecule has 5 rings (SSSR count). The molecule has 0 bridgehead atoms. The van der Waals surface area contributed by atoms with E-state index in [0.29, 0.717) is 51.0 Å². The largest absolute Gasteiger partial charge is 0.490 e. The van der Waals surface area contributed by atoms with Gasteiger partial charge in [0, 0.05) is 44.7 Å². The molecule has 2 aliphatic heterocycles. The number of aryl methyl sites for hydroxylation is 1. The van der Waals surface area contributed by atoms with Crippen molar-refractivity contribution in [3.8, 4) is 11.5 Å². The number of allylic oxidation sites excluding steroid dienone is 4. The number of anilines is 2. The van der Waals surface area contributed by atoms with Gasteiger partial charge in [-0.25, -0.2) is 14.2 Å². The van der Waals surface area contributed by atoms with Crippen LogP contribution < -0.4 is 23.8 Å². The van der Waals surface area contributed by atoms with Crippen molar-refractivity contribution in [3.63, 3.8) is 0 Å². The van der Waals surface area contributed by atoms with Crippen molar-refractivity contribution in [1.82, 2.24) is 0 Å². The average molecular weight is 830 g/mol. The number of pyridine rings is 1. The molecule has 0 unspecified atom stereocenters. The molecule has 58 heavy (non-hydrogen) atoms. The van der Waals surface area contributed by atoms with E-state index in [4.69, 9.17) is 28.4 Å². The zero-order valence-electron chi connectivity index (χ0n) is 33.3. The van der Waals surface area contributed by atoms with E-state index in [9.17, 15) is 9.59 Å². The highest BCUT2D eigenvalue weighted by molar-refractivity contribution is 8.13. The van der Waals surface area contributed by atoms with E-state index >= 15 is 0 Å². The van der Waals surface area contributed by atoms with Gasteiger partial charge >= 0.3 is 10.6 Å². The first-order valence-electron chi connectivity index (χ1n) is 19.3. The highest BCUT2D eigenvalue weighted by atomic mass is 32.2. The standard InChI is InChI=1S/C44H53N4O8S2/c1-4-35(5-7-37-9-11-39-41(33-37)53-23-20-46(39)2)13-16-45-17-31-57-43(49)55-29-27-51-25-26-52-28-30-56-44(50)58-32-22-48-18-14-36(15-19-48)6-8-38-10-12-40-42(34-38)54-24-21-47(40)3/h4-16,18-19,33-34H,1,17,20-32H2,2-3H3/q+1/b7-5+,35-13+,45-16?. The van der Waals surface area contributed by atoms with Gasteiger partial charge in [0.15, 0.2) is 18.9 Å². The van der Waals surface area contributed by atoms with Gasteiger partial charge in [0.2, 0.25) is 0 Å². The van der Waals surface area contributed by atoms with E-state index in [1.165, 1.54) is 0 Å². The molecule has 3 heterocycles. The number of benzene rings is 2. The molecule has 2 aliphatic rings. The van der Waals surface area contributed by atoms with Crippen LogP contribution in [0.1, 0.15) is 16.7 Å². The predicted molar refractivity (Wildman–Crippen MR) is 236 cm³/mol. The highest BCUT2D eigenvalue weighted by Gasteiger charge is 2.15. The number of hydrogen-bond donors (Lipinski definition) is 0. The van der Waals surface area contributed by atoms with Crippen molar-refractivity contribution in [2.75, 3.05) is 108 Å². The number of thioether (sulfide) groups is 2. The van der Waals surface area contributed by atoms with E-state index in [1.54, 1.807) is 12.3 Å². The molecule has 0 radical (unpaired) electrons. The minimum atomic E-state index is -0.369. The molecule has 308 valence electrons. The van der Waals surface area contributed by atoms with Crippen LogP contribution in [0.5, 0.6) is 11.5 Å². The molecule has 0 N–H and O–H groups in total. The SMILES string of the molecule is C=CC(/C=C/c1ccc2c(c1)OCCN2C)=C\C=NCCSC(=O)OCCOCCOCCOC(=O)SCC[n+]1ccc(/C=C/c2ccc3c(c2)OCCN3C)cc1. The Kier molecular flexibility index (Phi) is 18.8. The molecule has 0 saturated heterocycles. The molecule has 0 amide bonds. The first-order chi connectivity index (χ1) is 28.4. The lowest BCUT2D eigenvalue weighted by Crippen LogP contribution is -2.34. The fourth-order valence-electron chi connectivity index (χ4n) is 5.66. The molecule has 2 aromatic carbocycles. The van der Waals surface area contributed by atoms with Gasteiger partial charge in [0.05, 0.1) is 56.6 Å². The van der Waals surface area contributed by atoms with Crippen LogP contribution in [-0.2, 0) is 25.5 Å². The van der Waals surface area contributed by atoms with Crippen molar-refractivity contribution < 1.29 is 42.6 Å². The Morgan fingerprint density at radius 1 is 0.759 bits per heavy atom. The van der Waals surface area contributed by atoms with Gasteiger partial charge in [-0.3, -0.25) is 4.99 Å². The van der Waals surface area contributed by atoms with Gasteiger partial charge < -0.3 is 38.2 Å². The van der Waals surface area contributed by atoms with Crippen LogP contribution in [-0.4, -0.2) is 115 Å². The molecule has 3 aromatic rings. The smallest absolute Gasteiger partial charge is 0.367 e. The summed E-state index contributed by atoms with van der Waals surface area (Å²) in [6.45, 7) is 9.71. The second kappa shape index (κ2) is 24.7. The number of carbonyl (C=O) groups excluding carboxylic acids is 2. The van der Waals surface area contributed by atoms with Crippen LogP contribution in [0, 0.1) is 0 Å². The third-order valence-electron chi connectivity index (χ3n) is 8.90. The Hall–Kier alpha value is -5.02. The lowest BCUT2D eigenvalue weighted by Gasteiger charge is -2.27. The Morgan fingerprint density at radius 3 is 1.91 bits per heavy atom. The van der Waals surface area contributed by atoms with Crippen LogP contribution in [0.2, 0.25) is 0 Å². The summed E-state index contributed by atoms with van der Waals surface area (Å²) in [6, 6.07) is 16.5. The van der Waals surface area contributed by atoms with Crippen LogP contribution in [0.4, 0.5) is 21.0 Å². The molecule has 14 heteroatoms. The number of rotatable bonds is 21. The van der Waals surface area contributed by atoms with E-state index in [-0.39, 0.29) is 37.0 Å². The maximum absolute atomic E-state index is 12.1. The molecule has 0 saturated carbocycles. The minimum Gasteiger partial charge on any atom is -0.490 e. The normalized spacial score (nSPS) is 14.0. The molecular weight excluding hydrogens is 777 g/mol. The van der Waals surface area contributed by atoms with Gasteiger partial charge in [0.1, 0.15) is 37.9 Å². The quantitative estimate of drug-likeness (QED) is 0.0349. The number of fused-ring (bicyclic) bond motifs is 2. The molecular formula is C44H53N4O8S2+. The van der Waals surface area contributed by atoms with Gasteiger partial charge in [0.25, 0.3) is 0 Å². The van der Waals surface area contributed by atoms with E-state index in [2.05, 4.69) is 78.0 Å². The number of hydrogen-bond acceptors (Lipinski definition) is 13. The van der Waals surface area contributed by atoms with Gasteiger partial charge in [-0.2, -0.15) is 0 Å². The second-order valence-electron chi connectivity index (χ2n) is 13.1. The monoisotopic (exact) mass is 829 g/mol. The zero-order chi connectivity index (χ0) is 40.8. The van der Waals surface area contributed by atoms with Crippen molar-refractivity contribution in [3.05, 3.63) is 108 Å². The van der Waals surface area contributed by atoms with Gasteiger partial charge in [-0.15, -0.1) is 0 Å². The van der Waals surface area contributed by atoms with E-state index < -0.39 is 0 Å². The molecule has 0 atom stereocenters. The van der Waals surface area contributed by atoms with Crippen molar-refractivity contribution in [2.45, 2.75) is 6.54 Å².